The number of carbonyl (C=O) groups is 1. The lowest BCUT2D eigenvalue weighted by molar-refractivity contribution is -0.125. The number of carbonyl (C=O) groups excluding carboxylic acids is 1. The van der Waals surface area contributed by atoms with Crippen molar-refractivity contribution in [2.45, 2.75) is 38.3 Å². The Morgan fingerprint density at radius 3 is 2.50 bits per heavy atom. The van der Waals surface area contributed by atoms with E-state index >= 15 is 0 Å². The molecule has 4 nitrogen and oxygen atoms in total. The molecule has 1 N–H and O–H groups in total. The molecule has 1 aliphatic heterocycles. The highest BCUT2D eigenvalue weighted by Crippen LogP contribution is 2.49. The van der Waals surface area contributed by atoms with E-state index in [-0.39, 0.29) is 18.6 Å². The van der Waals surface area contributed by atoms with Crippen LogP contribution in [0.4, 0.5) is 0 Å². The molecule has 1 amide bonds. The van der Waals surface area contributed by atoms with Crippen molar-refractivity contribution >= 4 is 5.91 Å². The summed E-state index contributed by atoms with van der Waals surface area (Å²) in [6.45, 7) is 7.58. The number of hydrogen-bond donors (Lipinski definition) is 1. The van der Waals surface area contributed by atoms with Crippen LogP contribution in [0.25, 0.3) is 0 Å². The number of hydrogen-bond acceptors (Lipinski definition) is 3. The molecule has 148 valence electrons. The predicted octanol–water partition coefficient (Wildman–Crippen LogP) is 3.84. The summed E-state index contributed by atoms with van der Waals surface area (Å²) in [4.78, 5) is 14.7. The van der Waals surface area contributed by atoms with E-state index in [1.54, 1.807) is 7.11 Å². The fraction of sp³-hybridized carbons (Fsp3) is 0.458. The van der Waals surface area contributed by atoms with E-state index in [9.17, 15) is 4.79 Å². The quantitative estimate of drug-likeness (QED) is 0.830. The van der Waals surface area contributed by atoms with Crippen LogP contribution in [0.2, 0.25) is 0 Å². The Morgan fingerprint density at radius 1 is 1.11 bits per heavy atom. The molecular formula is C24H30N2O2. The summed E-state index contributed by atoms with van der Waals surface area (Å²) in [6, 6.07) is 17.7. The zero-order valence-electron chi connectivity index (χ0n) is 17.0. The van der Waals surface area contributed by atoms with Crippen molar-refractivity contribution in [3.05, 3.63) is 70.8 Å². The first-order chi connectivity index (χ1) is 13.6. The summed E-state index contributed by atoms with van der Waals surface area (Å²) >= 11 is 0. The fourth-order valence-electron chi connectivity index (χ4n) is 4.87. The van der Waals surface area contributed by atoms with Gasteiger partial charge in [0.25, 0.3) is 0 Å². The second-order valence-corrected chi connectivity index (χ2v) is 8.47. The summed E-state index contributed by atoms with van der Waals surface area (Å²) in [5.41, 5.74) is 5.42. The summed E-state index contributed by atoms with van der Waals surface area (Å²) in [7, 11) is 1.56. The lowest BCUT2D eigenvalue weighted by atomic mass is 9.94. The van der Waals surface area contributed by atoms with Crippen molar-refractivity contribution in [1.82, 2.24) is 10.2 Å². The van der Waals surface area contributed by atoms with Crippen LogP contribution in [0.3, 0.4) is 0 Å². The number of rotatable bonds is 6. The molecular weight excluding hydrogens is 348 g/mol. The molecule has 1 aliphatic carbocycles. The highest BCUT2D eigenvalue weighted by atomic mass is 16.5. The number of benzene rings is 2. The molecule has 0 bridgehead atoms. The molecule has 0 radical (unpaired) electrons. The van der Waals surface area contributed by atoms with Gasteiger partial charge in [-0.15, -0.1) is 0 Å². The summed E-state index contributed by atoms with van der Waals surface area (Å²) in [5.74, 6) is 1.44. The van der Waals surface area contributed by atoms with E-state index < -0.39 is 0 Å². The van der Waals surface area contributed by atoms with E-state index in [1.165, 1.54) is 22.3 Å². The van der Waals surface area contributed by atoms with E-state index in [2.05, 4.69) is 72.6 Å². The third-order valence-corrected chi connectivity index (χ3v) is 6.24. The molecule has 2 aromatic rings. The van der Waals surface area contributed by atoms with Gasteiger partial charge in [0.15, 0.2) is 0 Å². The summed E-state index contributed by atoms with van der Waals surface area (Å²) in [6.07, 6.45) is 0. The SMILES string of the molecule is COCC(=O)N[C@@H]1c2ccccc2[C@@H]2CN(Cc3ccc(C(C)C)cc3)C[C@H]12. The number of likely N-dealkylation sites (tertiary alicyclic amines) is 1. The number of nitrogens with one attached hydrogen (secondary N) is 1. The minimum Gasteiger partial charge on any atom is -0.375 e. The normalized spacial score (nSPS) is 23.6. The Morgan fingerprint density at radius 2 is 1.82 bits per heavy atom. The first-order valence-corrected chi connectivity index (χ1v) is 10.2. The van der Waals surface area contributed by atoms with Crippen LogP contribution in [-0.4, -0.2) is 37.6 Å². The van der Waals surface area contributed by atoms with Crippen LogP contribution in [-0.2, 0) is 16.1 Å². The Kier molecular flexibility index (Phi) is 5.51. The van der Waals surface area contributed by atoms with Crippen molar-refractivity contribution in [3.8, 4) is 0 Å². The molecule has 1 fully saturated rings. The first kappa shape index (κ1) is 19.2. The second-order valence-electron chi connectivity index (χ2n) is 8.47. The van der Waals surface area contributed by atoms with Gasteiger partial charge >= 0.3 is 0 Å². The van der Waals surface area contributed by atoms with Gasteiger partial charge in [-0.1, -0.05) is 62.4 Å². The van der Waals surface area contributed by atoms with Gasteiger partial charge in [-0.25, -0.2) is 0 Å². The van der Waals surface area contributed by atoms with Gasteiger partial charge in [0.1, 0.15) is 6.61 Å². The Hall–Kier alpha value is -2.17. The predicted molar refractivity (Wildman–Crippen MR) is 111 cm³/mol. The van der Waals surface area contributed by atoms with Gasteiger partial charge in [0.2, 0.25) is 5.91 Å². The fourth-order valence-corrected chi connectivity index (χ4v) is 4.87. The van der Waals surface area contributed by atoms with Gasteiger partial charge < -0.3 is 10.1 Å². The smallest absolute Gasteiger partial charge is 0.246 e. The molecule has 0 spiro atoms. The molecule has 4 rings (SSSR count). The maximum absolute atomic E-state index is 12.2. The van der Waals surface area contributed by atoms with Crippen molar-refractivity contribution in [2.75, 3.05) is 26.8 Å². The molecule has 2 aliphatic rings. The van der Waals surface area contributed by atoms with E-state index in [1.807, 2.05) is 0 Å². The molecule has 1 saturated heterocycles. The first-order valence-electron chi connectivity index (χ1n) is 10.2. The van der Waals surface area contributed by atoms with Gasteiger partial charge in [0, 0.05) is 38.6 Å². The largest absolute Gasteiger partial charge is 0.375 e. The van der Waals surface area contributed by atoms with Crippen LogP contribution in [0.5, 0.6) is 0 Å². The van der Waals surface area contributed by atoms with Crippen molar-refractivity contribution < 1.29 is 9.53 Å². The Balaban J connectivity index is 1.49. The molecule has 0 unspecified atom stereocenters. The van der Waals surface area contributed by atoms with Crippen molar-refractivity contribution in [2.24, 2.45) is 5.92 Å². The number of ether oxygens (including phenoxy) is 1. The minimum absolute atomic E-state index is 0.0364. The minimum atomic E-state index is -0.0364. The Labute approximate surface area is 167 Å². The maximum Gasteiger partial charge on any atom is 0.246 e. The molecule has 0 aromatic heterocycles. The monoisotopic (exact) mass is 378 g/mol. The van der Waals surface area contributed by atoms with E-state index in [0.717, 1.165) is 19.6 Å². The average molecular weight is 379 g/mol. The van der Waals surface area contributed by atoms with Crippen LogP contribution < -0.4 is 5.32 Å². The van der Waals surface area contributed by atoms with Crippen molar-refractivity contribution in [3.63, 3.8) is 0 Å². The van der Waals surface area contributed by atoms with Gasteiger partial charge in [-0.05, 0) is 28.2 Å². The highest BCUT2D eigenvalue weighted by Gasteiger charge is 2.46. The van der Waals surface area contributed by atoms with Crippen LogP contribution in [0.15, 0.2) is 48.5 Å². The molecule has 4 heteroatoms. The molecule has 0 saturated carbocycles. The number of amides is 1. The number of fused-ring (bicyclic) bond motifs is 3. The third-order valence-electron chi connectivity index (χ3n) is 6.24. The maximum atomic E-state index is 12.2. The lowest BCUT2D eigenvalue weighted by Gasteiger charge is -2.23. The zero-order valence-corrected chi connectivity index (χ0v) is 17.0. The molecule has 2 aromatic carbocycles. The topological polar surface area (TPSA) is 41.6 Å². The standard InChI is InChI=1S/C24H30N2O2/c1-16(2)18-10-8-17(9-11-18)12-26-13-21-19-6-4-5-7-20(19)24(22(21)14-26)25-23(27)15-28-3/h4-11,16,21-22,24H,12-15H2,1-3H3,(H,25,27)/t21-,22-,24+/m0/s1. The molecule has 1 heterocycles. The van der Waals surface area contributed by atoms with Gasteiger partial charge in [0.05, 0.1) is 6.04 Å². The third kappa shape index (κ3) is 3.71. The van der Waals surface area contributed by atoms with Crippen LogP contribution >= 0.6 is 0 Å². The molecule has 3 atom stereocenters. The number of methoxy groups -OCH3 is 1. The average Bonchev–Trinajstić information content (AvgIpc) is 3.21. The second kappa shape index (κ2) is 8.06. The molecule has 28 heavy (non-hydrogen) atoms. The lowest BCUT2D eigenvalue weighted by Crippen LogP contribution is -2.35. The Bertz CT molecular complexity index is 831. The zero-order chi connectivity index (χ0) is 19.7. The van der Waals surface area contributed by atoms with Crippen LogP contribution in [0.1, 0.15) is 54.0 Å². The highest BCUT2D eigenvalue weighted by molar-refractivity contribution is 5.78. The van der Waals surface area contributed by atoms with Crippen molar-refractivity contribution in [1.29, 1.82) is 0 Å². The van der Waals surface area contributed by atoms with Gasteiger partial charge in [-0.2, -0.15) is 0 Å². The van der Waals surface area contributed by atoms with Crippen LogP contribution in [0, 0.1) is 5.92 Å². The summed E-state index contributed by atoms with van der Waals surface area (Å²) in [5, 5.41) is 3.22. The van der Waals surface area contributed by atoms with Gasteiger partial charge in [-0.3, -0.25) is 9.69 Å². The summed E-state index contributed by atoms with van der Waals surface area (Å²) < 4.78 is 5.02. The van der Waals surface area contributed by atoms with E-state index in [4.69, 9.17) is 4.74 Å². The number of nitrogens with zero attached hydrogens (tertiary/aromatic N) is 1. The van der Waals surface area contributed by atoms with E-state index in [0.29, 0.717) is 17.8 Å².